The highest BCUT2D eigenvalue weighted by atomic mass is 16.5. The van der Waals surface area contributed by atoms with Crippen molar-refractivity contribution in [1.82, 2.24) is 4.98 Å². The van der Waals surface area contributed by atoms with Gasteiger partial charge in [0.2, 0.25) is 5.89 Å². The lowest BCUT2D eigenvalue weighted by Gasteiger charge is -2.05. The number of aromatic nitrogens is 1. The largest absolute Gasteiger partial charge is 0.497 e. The lowest BCUT2D eigenvalue weighted by molar-refractivity contribution is -0.131. The Bertz CT molecular complexity index is 945. The Morgan fingerprint density at radius 1 is 1.13 bits per heavy atom. The average Bonchev–Trinajstić information content (AvgIpc) is 2.55. The van der Waals surface area contributed by atoms with Gasteiger partial charge in [-0.05, 0) is 36.4 Å². The third kappa shape index (κ3) is 3.06. The van der Waals surface area contributed by atoms with Crippen molar-refractivity contribution in [2.75, 3.05) is 7.11 Å². The maximum Gasteiger partial charge on any atom is 0.347 e. The first-order valence-corrected chi connectivity index (χ1v) is 6.84. The first kappa shape index (κ1) is 14.8. The summed E-state index contributed by atoms with van der Waals surface area (Å²) in [5.41, 5.74) is 0.532. The summed E-state index contributed by atoms with van der Waals surface area (Å²) in [4.78, 5) is 27.5. The van der Waals surface area contributed by atoms with Crippen molar-refractivity contribution in [2.24, 2.45) is 0 Å². The fraction of sp³-hybridized carbons (Fsp3) is 0.118. The zero-order valence-electron chi connectivity index (χ0n) is 12.5. The Hall–Kier alpha value is -3.15. The fourth-order valence-electron chi connectivity index (χ4n) is 2.16. The lowest BCUT2D eigenvalue weighted by Crippen LogP contribution is -2.05. The summed E-state index contributed by atoms with van der Waals surface area (Å²) in [5, 5.41) is 0.246. The van der Waals surface area contributed by atoms with E-state index in [0.29, 0.717) is 16.8 Å². The minimum atomic E-state index is -0.554. The number of hydrogen-bond donors (Lipinski definition) is 0. The molecule has 0 atom stereocenters. The number of hydrogen-bond acceptors (Lipinski definition) is 6. The quantitative estimate of drug-likeness (QED) is 0.546. The normalized spacial score (nSPS) is 10.5. The van der Waals surface area contributed by atoms with Gasteiger partial charge in [-0.25, -0.2) is 9.78 Å². The summed E-state index contributed by atoms with van der Waals surface area (Å²) in [6.45, 7) is 1.29. The number of fused-ring (bicyclic) bond motifs is 1. The van der Waals surface area contributed by atoms with Crippen molar-refractivity contribution < 1.29 is 18.7 Å². The second-order valence-electron chi connectivity index (χ2n) is 4.81. The molecule has 23 heavy (non-hydrogen) atoms. The molecule has 2 aromatic carbocycles. The predicted molar refractivity (Wildman–Crippen MR) is 83.6 cm³/mol. The predicted octanol–water partition coefficient (Wildman–Crippen LogP) is 2.79. The van der Waals surface area contributed by atoms with Gasteiger partial charge in [-0.2, -0.15) is 0 Å². The molecule has 0 N–H and O–H groups in total. The lowest BCUT2D eigenvalue weighted by atomic mass is 10.2. The van der Waals surface area contributed by atoms with E-state index in [-0.39, 0.29) is 17.0 Å². The molecule has 0 aliphatic rings. The van der Waals surface area contributed by atoms with Crippen LogP contribution in [0.2, 0.25) is 0 Å². The summed E-state index contributed by atoms with van der Waals surface area (Å²) in [5.74, 6) is 0.641. The topological polar surface area (TPSA) is 78.6 Å². The van der Waals surface area contributed by atoms with Crippen LogP contribution in [0.5, 0.6) is 11.5 Å². The van der Waals surface area contributed by atoms with Gasteiger partial charge in [0.15, 0.2) is 0 Å². The second-order valence-corrected chi connectivity index (χ2v) is 4.81. The van der Waals surface area contributed by atoms with Crippen LogP contribution in [0.4, 0.5) is 0 Å². The molecule has 1 aromatic heterocycles. The monoisotopic (exact) mass is 311 g/mol. The Kier molecular flexibility index (Phi) is 3.80. The Morgan fingerprint density at radius 2 is 1.96 bits per heavy atom. The molecular weight excluding hydrogens is 298 g/mol. The molecule has 1 heterocycles. The van der Waals surface area contributed by atoms with Crippen molar-refractivity contribution in [2.45, 2.75) is 6.92 Å². The molecule has 0 unspecified atom stereocenters. The summed E-state index contributed by atoms with van der Waals surface area (Å²) >= 11 is 0. The molecule has 0 saturated carbocycles. The second kappa shape index (κ2) is 5.92. The molecule has 0 fully saturated rings. The molecule has 3 aromatic rings. The van der Waals surface area contributed by atoms with E-state index in [2.05, 4.69) is 4.98 Å². The van der Waals surface area contributed by atoms with Crippen LogP contribution in [0.25, 0.3) is 22.4 Å². The van der Waals surface area contributed by atoms with Gasteiger partial charge in [0.1, 0.15) is 11.5 Å². The number of rotatable bonds is 3. The first-order chi connectivity index (χ1) is 11.1. The van der Waals surface area contributed by atoms with E-state index in [9.17, 15) is 9.59 Å². The van der Waals surface area contributed by atoms with E-state index in [1.165, 1.54) is 13.0 Å². The molecule has 0 aliphatic carbocycles. The standard InChI is InChI=1S/C17H13NO5/c1-10(19)22-13-6-7-15-14(9-13)17(20)23-16(18-15)11-4-3-5-12(8-11)21-2/h3-9H,1-2H3. The SMILES string of the molecule is COc1cccc(-c2nc3ccc(OC(C)=O)cc3c(=O)o2)c1. The van der Waals surface area contributed by atoms with Crippen molar-refractivity contribution in [1.29, 1.82) is 0 Å². The van der Waals surface area contributed by atoms with Gasteiger partial charge in [0.05, 0.1) is 18.0 Å². The van der Waals surface area contributed by atoms with Gasteiger partial charge in [-0.1, -0.05) is 6.07 Å². The first-order valence-electron chi connectivity index (χ1n) is 6.84. The van der Waals surface area contributed by atoms with E-state index >= 15 is 0 Å². The number of methoxy groups -OCH3 is 1. The maximum absolute atomic E-state index is 12.2. The molecular formula is C17H13NO5. The van der Waals surface area contributed by atoms with E-state index < -0.39 is 11.6 Å². The van der Waals surface area contributed by atoms with Crippen LogP contribution in [0.1, 0.15) is 6.92 Å². The number of nitrogens with zero attached hydrogens (tertiary/aromatic N) is 1. The fourth-order valence-corrected chi connectivity index (χ4v) is 2.16. The van der Waals surface area contributed by atoms with Crippen LogP contribution in [-0.2, 0) is 4.79 Å². The van der Waals surface area contributed by atoms with Gasteiger partial charge in [-0.3, -0.25) is 4.79 Å². The van der Waals surface area contributed by atoms with Crippen molar-refractivity contribution in [3.63, 3.8) is 0 Å². The molecule has 116 valence electrons. The summed E-state index contributed by atoms with van der Waals surface area (Å²) in [6.07, 6.45) is 0. The van der Waals surface area contributed by atoms with Gasteiger partial charge in [-0.15, -0.1) is 0 Å². The zero-order valence-corrected chi connectivity index (χ0v) is 12.5. The van der Waals surface area contributed by atoms with Gasteiger partial charge >= 0.3 is 11.6 Å². The van der Waals surface area contributed by atoms with Crippen LogP contribution in [0.3, 0.4) is 0 Å². The van der Waals surface area contributed by atoms with Crippen molar-refractivity contribution in [3.8, 4) is 23.0 Å². The highest BCUT2D eigenvalue weighted by Gasteiger charge is 2.11. The minimum absolute atomic E-state index is 0.196. The molecule has 0 bridgehead atoms. The Balaban J connectivity index is 2.11. The number of carbonyl (C=O) groups is 1. The van der Waals surface area contributed by atoms with Gasteiger partial charge in [0.25, 0.3) is 0 Å². The van der Waals surface area contributed by atoms with Crippen LogP contribution in [-0.4, -0.2) is 18.1 Å². The summed E-state index contributed by atoms with van der Waals surface area (Å²) < 4.78 is 15.4. The molecule has 0 amide bonds. The average molecular weight is 311 g/mol. The molecule has 0 aliphatic heterocycles. The highest BCUT2D eigenvalue weighted by Crippen LogP contribution is 2.24. The number of benzene rings is 2. The van der Waals surface area contributed by atoms with Crippen LogP contribution in [0, 0.1) is 0 Å². The molecule has 3 rings (SSSR count). The van der Waals surface area contributed by atoms with Crippen LogP contribution >= 0.6 is 0 Å². The molecule has 6 heteroatoms. The minimum Gasteiger partial charge on any atom is -0.497 e. The van der Waals surface area contributed by atoms with Crippen LogP contribution in [0.15, 0.2) is 51.7 Å². The van der Waals surface area contributed by atoms with Crippen LogP contribution < -0.4 is 15.1 Å². The molecule has 0 saturated heterocycles. The smallest absolute Gasteiger partial charge is 0.347 e. The summed E-state index contributed by atoms with van der Waals surface area (Å²) in [6, 6.07) is 11.7. The van der Waals surface area contributed by atoms with E-state index in [1.807, 2.05) is 0 Å². The van der Waals surface area contributed by atoms with E-state index in [1.54, 1.807) is 43.5 Å². The van der Waals surface area contributed by atoms with Crippen molar-refractivity contribution >= 4 is 16.9 Å². The number of esters is 1. The van der Waals surface area contributed by atoms with E-state index in [4.69, 9.17) is 13.9 Å². The van der Waals surface area contributed by atoms with Gasteiger partial charge in [0, 0.05) is 12.5 Å². The third-order valence-electron chi connectivity index (χ3n) is 3.18. The number of ether oxygens (including phenoxy) is 2. The third-order valence-corrected chi connectivity index (χ3v) is 3.18. The molecule has 6 nitrogen and oxygen atoms in total. The maximum atomic E-state index is 12.2. The Labute approximate surface area is 131 Å². The molecule has 0 spiro atoms. The molecule has 0 radical (unpaired) electrons. The highest BCUT2D eigenvalue weighted by molar-refractivity contribution is 5.81. The Morgan fingerprint density at radius 3 is 2.70 bits per heavy atom. The van der Waals surface area contributed by atoms with E-state index in [0.717, 1.165) is 0 Å². The number of carbonyl (C=O) groups excluding carboxylic acids is 1. The van der Waals surface area contributed by atoms with Gasteiger partial charge < -0.3 is 13.9 Å². The summed E-state index contributed by atoms with van der Waals surface area (Å²) in [7, 11) is 1.56. The van der Waals surface area contributed by atoms with Crippen molar-refractivity contribution in [3.05, 3.63) is 52.9 Å². The zero-order chi connectivity index (χ0) is 16.4.